The minimum atomic E-state index is -3.37. The lowest BCUT2D eigenvalue weighted by molar-refractivity contribution is -0.130. The second kappa shape index (κ2) is 7.89. The first-order chi connectivity index (χ1) is 15.7. The fourth-order valence-electron chi connectivity index (χ4n) is 3.95. The Morgan fingerprint density at radius 3 is 2.52 bits per heavy atom. The molecule has 1 amide bonds. The Hall–Kier alpha value is -3.37. The molecule has 2 aliphatic heterocycles. The van der Waals surface area contributed by atoms with E-state index in [9.17, 15) is 13.2 Å². The van der Waals surface area contributed by atoms with Gasteiger partial charge >= 0.3 is 0 Å². The molecule has 33 heavy (non-hydrogen) atoms. The van der Waals surface area contributed by atoms with Crippen LogP contribution in [0.25, 0.3) is 10.9 Å². The van der Waals surface area contributed by atoms with E-state index in [1.807, 2.05) is 12.1 Å². The van der Waals surface area contributed by atoms with Crippen molar-refractivity contribution < 1.29 is 22.7 Å². The number of ether oxygens (including phenoxy) is 2. The summed E-state index contributed by atoms with van der Waals surface area (Å²) in [5.41, 5.74) is 3.24. The number of hydrogen-bond donors (Lipinski definition) is 1. The molecule has 0 saturated carbocycles. The van der Waals surface area contributed by atoms with Crippen LogP contribution in [-0.2, 0) is 14.8 Å². The van der Waals surface area contributed by atoms with Gasteiger partial charge in [0.25, 0.3) is 0 Å². The molecular weight excluding hydrogens is 468 g/mol. The number of benzene rings is 2. The molecule has 3 heterocycles. The second-order valence-corrected chi connectivity index (χ2v) is 9.95. The van der Waals surface area contributed by atoms with Gasteiger partial charge in [0.05, 0.1) is 23.5 Å². The van der Waals surface area contributed by atoms with E-state index in [1.165, 1.54) is 11.9 Å². The summed E-state index contributed by atoms with van der Waals surface area (Å²) in [5.74, 6) is 1.02. The van der Waals surface area contributed by atoms with Gasteiger partial charge < -0.3 is 9.47 Å². The normalized spacial score (nSPS) is 17.4. The van der Waals surface area contributed by atoms with Crippen LogP contribution in [0.1, 0.15) is 30.5 Å². The average Bonchev–Trinajstić information content (AvgIpc) is 3.38. The Bertz CT molecular complexity index is 1420. The minimum absolute atomic E-state index is 0.155. The van der Waals surface area contributed by atoms with Gasteiger partial charge in [-0.1, -0.05) is 23.7 Å². The highest BCUT2D eigenvalue weighted by Crippen LogP contribution is 2.40. The van der Waals surface area contributed by atoms with Gasteiger partial charge in [0.1, 0.15) is 5.15 Å². The Morgan fingerprint density at radius 2 is 1.85 bits per heavy atom. The molecule has 1 atom stereocenters. The number of sulfonamides is 1. The van der Waals surface area contributed by atoms with Gasteiger partial charge in [-0.3, -0.25) is 9.52 Å². The SMILES string of the molecule is CC(=O)N1N=C(c2ccc(NS(C)(=O)=O)cc2)C[C@H]1c1cc2cc3c(cc2nc1Cl)OCO3. The van der Waals surface area contributed by atoms with E-state index < -0.39 is 16.1 Å². The van der Waals surface area contributed by atoms with Crippen LogP contribution in [0.3, 0.4) is 0 Å². The van der Waals surface area contributed by atoms with E-state index in [-0.39, 0.29) is 17.9 Å². The first kappa shape index (κ1) is 21.5. The summed E-state index contributed by atoms with van der Waals surface area (Å²) in [7, 11) is -3.37. The van der Waals surface area contributed by atoms with Gasteiger partial charge in [-0.25, -0.2) is 18.4 Å². The molecule has 5 rings (SSSR count). The third kappa shape index (κ3) is 4.19. The third-order valence-electron chi connectivity index (χ3n) is 5.40. The summed E-state index contributed by atoms with van der Waals surface area (Å²) in [4.78, 5) is 16.9. The molecule has 0 bridgehead atoms. The quantitative estimate of drug-likeness (QED) is 0.563. The highest BCUT2D eigenvalue weighted by Gasteiger charge is 2.33. The lowest BCUT2D eigenvalue weighted by atomic mass is 9.98. The van der Waals surface area contributed by atoms with Crippen LogP contribution in [0.15, 0.2) is 47.6 Å². The van der Waals surface area contributed by atoms with E-state index >= 15 is 0 Å². The van der Waals surface area contributed by atoms with Crippen LogP contribution in [-0.4, -0.2) is 43.1 Å². The van der Waals surface area contributed by atoms with Crippen LogP contribution < -0.4 is 14.2 Å². The molecule has 2 aliphatic rings. The number of rotatable bonds is 4. The first-order valence-corrected chi connectivity index (χ1v) is 12.3. The highest BCUT2D eigenvalue weighted by molar-refractivity contribution is 7.92. The number of hydrogen-bond acceptors (Lipinski definition) is 7. The number of anilines is 1. The molecule has 170 valence electrons. The van der Waals surface area contributed by atoms with Crippen molar-refractivity contribution in [3.05, 3.63) is 58.7 Å². The fraction of sp³-hybridized carbons (Fsp3) is 0.227. The summed E-state index contributed by atoms with van der Waals surface area (Å²) in [6.45, 7) is 1.60. The van der Waals surface area contributed by atoms with Gasteiger partial charge in [-0.15, -0.1) is 0 Å². The smallest absolute Gasteiger partial charge is 0.240 e. The van der Waals surface area contributed by atoms with Crippen molar-refractivity contribution in [3.8, 4) is 11.5 Å². The molecular formula is C22H19ClN4O5S. The number of halogens is 1. The molecule has 0 unspecified atom stereocenters. The second-order valence-electron chi connectivity index (χ2n) is 7.85. The van der Waals surface area contributed by atoms with Crippen molar-refractivity contribution in [1.29, 1.82) is 0 Å². The zero-order chi connectivity index (χ0) is 23.3. The van der Waals surface area contributed by atoms with Crippen LogP contribution in [0.2, 0.25) is 5.15 Å². The summed E-state index contributed by atoms with van der Waals surface area (Å²) in [5, 5.41) is 7.02. The molecule has 3 aromatic rings. The number of carbonyl (C=O) groups excluding carboxylic acids is 1. The highest BCUT2D eigenvalue weighted by atomic mass is 35.5. The largest absolute Gasteiger partial charge is 0.454 e. The molecule has 2 aromatic carbocycles. The number of pyridine rings is 1. The third-order valence-corrected chi connectivity index (χ3v) is 6.31. The number of nitrogens with one attached hydrogen (secondary N) is 1. The van der Waals surface area contributed by atoms with E-state index in [1.54, 1.807) is 30.3 Å². The van der Waals surface area contributed by atoms with Crippen molar-refractivity contribution in [2.24, 2.45) is 5.10 Å². The Balaban J connectivity index is 1.48. The van der Waals surface area contributed by atoms with Crippen molar-refractivity contribution in [2.45, 2.75) is 19.4 Å². The van der Waals surface area contributed by atoms with Crippen LogP contribution in [0.4, 0.5) is 5.69 Å². The molecule has 0 radical (unpaired) electrons. The molecule has 11 heteroatoms. The van der Waals surface area contributed by atoms with Crippen molar-refractivity contribution in [3.63, 3.8) is 0 Å². The predicted octanol–water partition coefficient (Wildman–Crippen LogP) is 3.69. The zero-order valence-electron chi connectivity index (χ0n) is 17.7. The number of amides is 1. The fourth-order valence-corrected chi connectivity index (χ4v) is 4.79. The topological polar surface area (TPSA) is 110 Å². The predicted molar refractivity (Wildman–Crippen MR) is 124 cm³/mol. The maximum Gasteiger partial charge on any atom is 0.240 e. The number of hydrazone groups is 1. The molecule has 0 spiro atoms. The molecule has 1 N–H and O–H groups in total. The van der Waals surface area contributed by atoms with Crippen molar-refractivity contribution in [1.82, 2.24) is 9.99 Å². The van der Waals surface area contributed by atoms with Gasteiger partial charge in [0, 0.05) is 36.0 Å². The summed E-state index contributed by atoms with van der Waals surface area (Å²) >= 11 is 6.54. The van der Waals surface area contributed by atoms with Gasteiger partial charge in [0.15, 0.2) is 11.5 Å². The zero-order valence-corrected chi connectivity index (χ0v) is 19.3. The maximum absolute atomic E-state index is 12.4. The number of nitrogens with zero attached hydrogens (tertiary/aromatic N) is 3. The summed E-state index contributed by atoms with van der Waals surface area (Å²) in [6.07, 6.45) is 1.52. The van der Waals surface area contributed by atoms with Crippen LogP contribution >= 0.6 is 11.6 Å². The van der Waals surface area contributed by atoms with Crippen LogP contribution in [0, 0.1) is 0 Å². The Kier molecular flexibility index (Phi) is 5.13. The number of carbonyl (C=O) groups is 1. The first-order valence-electron chi connectivity index (χ1n) is 10.0. The van der Waals surface area contributed by atoms with E-state index in [0.717, 1.165) is 17.2 Å². The number of fused-ring (bicyclic) bond motifs is 2. The molecule has 9 nitrogen and oxygen atoms in total. The standard InChI is InChI=1S/C22H19ClN4O5S/c1-12(28)27-19(9-18(25-27)13-3-5-15(6-4-13)26-33(2,29)30)16-7-14-8-20-21(32-11-31-20)10-17(14)24-22(16)23/h3-8,10,19,26H,9,11H2,1-2H3/t19-/m0/s1. The lowest BCUT2D eigenvalue weighted by Gasteiger charge is -2.21. The Morgan fingerprint density at radius 1 is 1.15 bits per heavy atom. The van der Waals surface area contributed by atoms with Crippen LogP contribution in [0.5, 0.6) is 11.5 Å². The Labute approximate surface area is 195 Å². The van der Waals surface area contributed by atoms with Gasteiger partial charge in [0.2, 0.25) is 22.7 Å². The van der Waals surface area contributed by atoms with E-state index in [2.05, 4.69) is 14.8 Å². The van der Waals surface area contributed by atoms with E-state index in [4.69, 9.17) is 21.1 Å². The summed E-state index contributed by atoms with van der Waals surface area (Å²) in [6, 6.07) is 11.9. The van der Waals surface area contributed by atoms with Gasteiger partial charge in [-0.2, -0.15) is 5.10 Å². The molecule has 0 saturated heterocycles. The molecule has 0 aliphatic carbocycles. The number of aromatic nitrogens is 1. The van der Waals surface area contributed by atoms with Crippen molar-refractivity contribution in [2.75, 3.05) is 17.8 Å². The molecule has 0 fully saturated rings. The van der Waals surface area contributed by atoms with E-state index in [0.29, 0.717) is 40.4 Å². The summed E-state index contributed by atoms with van der Waals surface area (Å²) < 4.78 is 36.2. The maximum atomic E-state index is 12.4. The average molecular weight is 487 g/mol. The lowest BCUT2D eigenvalue weighted by Crippen LogP contribution is -2.24. The monoisotopic (exact) mass is 486 g/mol. The minimum Gasteiger partial charge on any atom is -0.454 e. The van der Waals surface area contributed by atoms with Gasteiger partial charge in [-0.05, 0) is 29.8 Å². The molecule has 1 aromatic heterocycles. The van der Waals surface area contributed by atoms with Crippen molar-refractivity contribution >= 4 is 49.8 Å².